The molecule has 0 aromatic rings. The Morgan fingerprint density at radius 3 is 2.61 bits per heavy atom. The monoisotopic (exact) mass is 380 g/mol. The lowest BCUT2D eigenvalue weighted by atomic mass is 9.46. The molecule has 6 aliphatic carbocycles. The third kappa shape index (κ3) is 1.88. The molecule has 7 aliphatic rings. The zero-order valence-corrected chi connectivity index (χ0v) is 17.0. The number of rotatable bonds is 1. The first kappa shape index (κ1) is 16.7. The molecule has 6 fully saturated rings. The number of esters is 1. The van der Waals surface area contributed by atoms with Crippen molar-refractivity contribution >= 4 is 11.8 Å². The number of hydrogen-bond acceptors (Lipinski definition) is 3. The largest absolute Gasteiger partial charge is 0.458 e. The van der Waals surface area contributed by atoms with Crippen molar-refractivity contribution in [3.63, 3.8) is 0 Å². The van der Waals surface area contributed by atoms with E-state index in [2.05, 4.69) is 13.0 Å². The fraction of sp³-hybridized carbons (Fsp3) is 0.840. The highest BCUT2D eigenvalue weighted by atomic mass is 16.6. The van der Waals surface area contributed by atoms with Gasteiger partial charge in [0.05, 0.1) is 0 Å². The average molecular weight is 381 g/mol. The van der Waals surface area contributed by atoms with Crippen LogP contribution in [0.3, 0.4) is 0 Å². The third-order valence-corrected chi connectivity index (χ3v) is 10.7. The van der Waals surface area contributed by atoms with E-state index in [-0.39, 0.29) is 17.0 Å². The smallest absolute Gasteiger partial charge is 0.306 e. The Hall–Kier alpha value is -1.12. The van der Waals surface area contributed by atoms with E-state index in [1.165, 1.54) is 44.1 Å². The Labute approximate surface area is 167 Å². The second-order valence-electron chi connectivity index (χ2n) is 11.6. The first-order valence-electron chi connectivity index (χ1n) is 12.0. The predicted molar refractivity (Wildman–Crippen MR) is 104 cm³/mol. The summed E-state index contributed by atoms with van der Waals surface area (Å²) in [5, 5.41) is 0. The van der Waals surface area contributed by atoms with Gasteiger partial charge >= 0.3 is 5.97 Å². The van der Waals surface area contributed by atoms with Crippen molar-refractivity contribution in [2.24, 2.45) is 52.8 Å². The molecule has 1 heterocycles. The fourth-order valence-corrected chi connectivity index (χ4v) is 9.63. The number of ether oxygens (including phenoxy) is 1. The zero-order valence-electron chi connectivity index (χ0n) is 17.0. The number of fused-ring (bicyclic) bond motifs is 9. The minimum Gasteiger partial charge on any atom is -0.458 e. The summed E-state index contributed by atoms with van der Waals surface area (Å²) in [7, 11) is 0. The molecule has 1 saturated heterocycles. The lowest BCUT2D eigenvalue weighted by molar-refractivity contribution is -0.177. The van der Waals surface area contributed by atoms with Gasteiger partial charge in [0.1, 0.15) is 5.60 Å². The van der Waals surface area contributed by atoms with Gasteiger partial charge in [0.2, 0.25) is 0 Å². The van der Waals surface area contributed by atoms with Crippen molar-refractivity contribution in [3.05, 3.63) is 11.6 Å². The van der Waals surface area contributed by atoms with Gasteiger partial charge in [0.25, 0.3) is 0 Å². The Kier molecular flexibility index (Phi) is 3.05. The molecular formula is C25H32O3. The normalized spacial score (nSPS) is 56.5. The molecule has 5 saturated carbocycles. The highest BCUT2D eigenvalue weighted by Gasteiger charge is 2.79. The van der Waals surface area contributed by atoms with Crippen LogP contribution in [-0.2, 0) is 14.3 Å². The lowest BCUT2D eigenvalue weighted by Crippen LogP contribution is -2.57. The number of ketones is 1. The Bertz CT molecular complexity index is 809. The number of carbonyl (C=O) groups is 2. The molecule has 28 heavy (non-hydrogen) atoms. The van der Waals surface area contributed by atoms with Crippen LogP contribution in [0.1, 0.15) is 71.1 Å². The molecule has 0 radical (unpaired) electrons. The van der Waals surface area contributed by atoms with Gasteiger partial charge in [-0.25, -0.2) is 0 Å². The summed E-state index contributed by atoms with van der Waals surface area (Å²) in [6, 6.07) is 0. The summed E-state index contributed by atoms with van der Waals surface area (Å²) >= 11 is 0. The summed E-state index contributed by atoms with van der Waals surface area (Å²) in [4.78, 5) is 24.3. The SMILES string of the molecule is C[C@]12CCC3C4CCC(=O)C=C4CC(C4CC4)C3C1C1CC1[C@@]21CCC(=O)O1. The highest BCUT2D eigenvalue weighted by molar-refractivity contribution is 5.91. The molecule has 3 nitrogen and oxygen atoms in total. The van der Waals surface area contributed by atoms with Crippen LogP contribution in [-0.4, -0.2) is 17.4 Å². The number of allylic oxidation sites excluding steroid dienone is 1. The van der Waals surface area contributed by atoms with E-state index in [0.29, 0.717) is 24.0 Å². The molecule has 150 valence electrons. The molecule has 0 aromatic heterocycles. The summed E-state index contributed by atoms with van der Waals surface area (Å²) in [6.07, 6.45) is 13.4. The maximum Gasteiger partial charge on any atom is 0.306 e. The zero-order chi connectivity index (χ0) is 18.8. The molecule has 7 rings (SSSR count). The van der Waals surface area contributed by atoms with Gasteiger partial charge in [0, 0.05) is 24.2 Å². The van der Waals surface area contributed by atoms with Crippen molar-refractivity contribution in [3.8, 4) is 0 Å². The van der Waals surface area contributed by atoms with Crippen molar-refractivity contribution in [2.45, 2.75) is 76.7 Å². The van der Waals surface area contributed by atoms with E-state index in [4.69, 9.17) is 4.74 Å². The molecular weight excluding hydrogens is 348 g/mol. The van der Waals surface area contributed by atoms with Crippen molar-refractivity contribution in [2.75, 3.05) is 0 Å². The molecule has 9 atom stereocenters. The van der Waals surface area contributed by atoms with Gasteiger partial charge in [-0.3, -0.25) is 9.59 Å². The van der Waals surface area contributed by atoms with Gasteiger partial charge in [0.15, 0.2) is 5.78 Å². The van der Waals surface area contributed by atoms with Crippen LogP contribution < -0.4 is 0 Å². The number of carbonyl (C=O) groups excluding carboxylic acids is 2. The van der Waals surface area contributed by atoms with E-state index in [9.17, 15) is 9.59 Å². The first-order chi connectivity index (χ1) is 13.5. The van der Waals surface area contributed by atoms with Gasteiger partial charge < -0.3 is 4.74 Å². The predicted octanol–water partition coefficient (Wildman–Crippen LogP) is 4.70. The molecule has 0 amide bonds. The van der Waals surface area contributed by atoms with E-state index in [0.717, 1.165) is 54.8 Å². The van der Waals surface area contributed by atoms with Gasteiger partial charge in [-0.1, -0.05) is 12.5 Å². The first-order valence-corrected chi connectivity index (χ1v) is 12.0. The van der Waals surface area contributed by atoms with Crippen LogP contribution in [0.5, 0.6) is 0 Å². The lowest BCUT2D eigenvalue weighted by Gasteiger charge is -2.59. The van der Waals surface area contributed by atoms with E-state index in [1.54, 1.807) is 0 Å². The molecule has 0 N–H and O–H groups in total. The Morgan fingerprint density at radius 1 is 1.00 bits per heavy atom. The van der Waals surface area contributed by atoms with E-state index in [1.807, 2.05) is 0 Å². The molecule has 0 aromatic carbocycles. The third-order valence-electron chi connectivity index (χ3n) is 10.7. The van der Waals surface area contributed by atoms with Crippen LogP contribution in [0.25, 0.3) is 0 Å². The average Bonchev–Trinajstić information content (AvgIpc) is 3.59. The molecule has 1 aliphatic heterocycles. The minimum atomic E-state index is -0.128. The van der Waals surface area contributed by atoms with E-state index >= 15 is 0 Å². The Morgan fingerprint density at radius 2 is 1.86 bits per heavy atom. The van der Waals surface area contributed by atoms with Crippen LogP contribution in [0, 0.1) is 52.8 Å². The number of hydrogen-bond donors (Lipinski definition) is 0. The summed E-state index contributed by atoms with van der Waals surface area (Å²) in [5.74, 6) is 6.60. The van der Waals surface area contributed by atoms with Crippen LogP contribution in [0.4, 0.5) is 0 Å². The maximum absolute atomic E-state index is 12.2. The molecule has 0 bridgehead atoms. The quantitative estimate of drug-likeness (QED) is 0.620. The molecule has 7 unspecified atom stereocenters. The van der Waals surface area contributed by atoms with Crippen molar-refractivity contribution in [1.82, 2.24) is 0 Å². The van der Waals surface area contributed by atoms with Crippen LogP contribution >= 0.6 is 0 Å². The molecule has 3 heteroatoms. The van der Waals surface area contributed by atoms with Crippen molar-refractivity contribution in [1.29, 1.82) is 0 Å². The standard InChI is InChI=1S/C25H32O3/c1-24-8-6-17-16-5-4-15(26)10-14(16)11-18(13-2-3-13)22(17)23(24)19-12-20(19)25(24)9-7-21(27)28-25/h10,13,16-20,22-23H,2-9,11-12H2,1H3/t16?,17?,18?,19?,20?,22?,23?,24-,25-/m0/s1. The van der Waals surface area contributed by atoms with E-state index < -0.39 is 0 Å². The molecule has 1 spiro atoms. The second-order valence-corrected chi connectivity index (χ2v) is 11.6. The summed E-state index contributed by atoms with van der Waals surface area (Å²) in [6.45, 7) is 2.51. The minimum absolute atomic E-state index is 0.0630. The van der Waals surface area contributed by atoms with Gasteiger partial charge in [-0.2, -0.15) is 0 Å². The maximum atomic E-state index is 12.2. The summed E-state index contributed by atoms with van der Waals surface area (Å²) in [5.41, 5.74) is 1.59. The summed E-state index contributed by atoms with van der Waals surface area (Å²) < 4.78 is 6.25. The highest BCUT2D eigenvalue weighted by Crippen LogP contribution is 2.79. The second kappa shape index (κ2) is 5.13. The topological polar surface area (TPSA) is 43.4 Å². The van der Waals surface area contributed by atoms with Crippen LogP contribution in [0.2, 0.25) is 0 Å². The van der Waals surface area contributed by atoms with Gasteiger partial charge in [-0.05, 0) is 98.9 Å². The van der Waals surface area contributed by atoms with Crippen LogP contribution in [0.15, 0.2) is 11.6 Å². The fourth-order valence-electron chi connectivity index (χ4n) is 9.63. The van der Waals surface area contributed by atoms with Gasteiger partial charge in [-0.15, -0.1) is 0 Å². The Balaban J connectivity index is 1.32. The van der Waals surface area contributed by atoms with Crippen molar-refractivity contribution < 1.29 is 14.3 Å².